The SMILES string of the molecule is CC(C)(C)OC(=O)N1CC(CCCCc2cccc(S(N)(=O)=O)n2)CC1(C)C.CC1(C)CCC(CCC#Cc2cccc(S(N)(=O)=O)n2)C1. The van der Waals surface area contributed by atoms with Crippen molar-refractivity contribution in [2.45, 2.75) is 134 Å². The van der Waals surface area contributed by atoms with Gasteiger partial charge in [-0.2, -0.15) is 0 Å². The fourth-order valence-electron chi connectivity index (χ4n) is 6.61. The number of nitrogens with two attached hydrogens (primary N) is 2. The Balaban J connectivity index is 0.000000276. The number of amides is 1. The van der Waals surface area contributed by atoms with Gasteiger partial charge < -0.3 is 9.64 Å². The molecule has 1 saturated heterocycles. The summed E-state index contributed by atoms with van der Waals surface area (Å²) in [6.45, 7) is 15.2. The molecule has 13 heteroatoms. The number of nitrogens with zero attached hydrogens (tertiary/aromatic N) is 3. The Hall–Kier alpha value is -3.05. The summed E-state index contributed by atoms with van der Waals surface area (Å²) < 4.78 is 50.8. The molecule has 11 nitrogen and oxygen atoms in total. The van der Waals surface area contributed by atoms with Crippen molar-refractivity contribution < 1.29 is 26.4 Å². The first-order valence-corrected chi connectivity index (χ1v) is 20.1. The maximum absolute atomic E-state index is 12.5. The topological polar surface area (TPSA) is 176 Å². The van der Waals surface area contributed by atoms with Gasteiger partial charge in [-0.3, -0.25) is 0 Å². The maximum Gasteiger partial charge on any atom is 0.410 e. The highest BCUT2D eigenvalue weighted by atomic mass is 32.2. The van der Waals surface area contributed by atoms with E-state index in [2.05, 4.69) is 49.5 Å². The highest BCUT2D eigenvalue weighted by Crippen LogP contribution is 2.42. The molecule has 2 unspecified atom stereocenters. The number of carbonyl (C=O) groups is 1. The lowest BCUT2D eigenvalue weighted by Crippen LogP contribution is -2.45. The summed E-state index contributed by atoms with van der Waals surface area (Å²) in [6.07, 6.45) is 10.1. The molecule has 2 fully saturated rings. The maximum atomic E-state index is 12.5. The first kappa shape index (κ1) is 40.4. The molecule has 3 heterocycles. The second-order valence-electron chi connectivity index (χ2n) is 15.8. The molecule has 1 saturated carbocycles. The highest BCUT2D eigenvalue weighted by molar-refractivity contribution is 7.89. The molecule has 0 spiro atoms. The Kier molecular flexibility index (Phi) is 13.4. The van der Waals surface area contributed by atoms with Crippen LogP contribution in [0.1, 0.15) is 118 Å². The zero-order valence-corrected chi connectivity index (χ0v) is 31.8. The Morgan fingerprint density at radius 2 is 1.55 bits per heavy atom. The summed E-state index contributed by atoms with van der Waals surface area (Å²) in [6, 6.07) is 9.57. The fraction of sp³-hybridized carbons (Fsp3) is 0.639. The predicted molar refractivity (Wildman–Crippen MR) is 191 cm³/mol. The van der Waals surface area contributed by atoms with Gasteiger partial charge in [-0.05, 0) is 133 Å². The van der Waals surface area contributed by atoms with Crippen LogP contribution in [0.15, 0.2) is 46.5 Å². The number of aromatic nitrogens is 2. The van der Waals surface area contributed by atoms with Gasteiger partial charge in [0, 0.05) is 24.2 Å². The standard InChI is InChI=1S/C20H33N3O4S.C16H22N2O2S/c1-19(2,3)27-18(24)23-14-15(13-20(23,4)5)9-6-7-10-16-11-8-12-17(22-16)28(21,25)26;1-16(2)11-10-13(12-16)6-3-4-7-14-8-5-9-15(18-14)21(17,19)20/h8,11-12,15H,6-7,9-10,13-14H2,1-5H3,(H2,21,25,26);5,8-9,13H,3,6,10-12H2,1-2H3,(H2,17,19,20). The number of carbonyl (C=O) groups excluding carboxylic acids is 1. The van der Waals surface area contributed by atoms with Crippen molar-refractivity contribution in [3.63, 3.8) is 0 Å². The van der Waals surface area contributed by atoms with Crippen molar-refractivity contribution in [2.24, 2.45) is 27.5 Å². The van der Waals surface area contributed by atoms with Crippen LogP contribution in [0.5, 0.6) is 0 Å². The zero-order valence-electron chi connectivity index (χ0n) is 30.2. The van der Waals surface area contributed by atoms with E-state index in [1.54, 1.807) is 18.2 Å². The third-order valence-corrected chi connectivity index (χ3v) is 10.5. The van der Waals surface area contributed by atoms with E-state index < -0.39 is 25.6 Å². The van der Waals surface area contributed by atoms with Crippen molar-refractivity contribution in [1.29, 1.82) is 0 Å². The van der Waals surface area contributed by atoms with Gasteiger partial charge in [0.25, 0.3) is 20.0 Å². The number of primary sulfonamides is 2. The van der Waals surface area contributed by atoms with Crippen molar-refractivity contribution in [3.05, 3.63) is 47.8 Å². The second-order valence-corrected chi connectivity index (χ2v) is 18.8. The number of ether oxygens (including phenoxy) is 1. The Bertz CT molecular complexity index is 1720. The van der Waals surface area contributed by atoms with Gasteiger partial charge in [0.05, 0.1) is 0 Å². The van der Waals surface area contributed by atoms with Crippen molar-refractivity contribution >= 4 is 26.1 Å². The van der Waals surface area contributed by atoms with E-state index in [4.69, 9.17) is 15.0 Å². The average molecular weight is 718 g/mol. The molecule has 0 bridgehead atoms. The number of hydrogen-bond acceptors (Lipinski definition) is 8. The number of pyridine rings is 2. The fourth-order valence-corrected chi connectivity index (χ4v) is 7.62. The van der Waals surface area contributed by atoms with Crippen molar-refractivity contribution in [1.82, 2.24) is 14.9 Å². The monoisotopic (exact) mass is 717 g/mol. The van der Waals surface area contributed by atoms with Gasteiger partial charge in [-0.15, -0.1) is 0 Å². The molecule has 2 atom stereocenters. The lowest BCUT2D eigenvalue weighted by Gasteiger charge is -2.33. The van der Waals surface area contributed by atoms with Crippen LogP contribution in [0.25, 0.3) is 0 Å². The van der Waals surface area contributed by atoms with Gasteiger partial charge in [-0.1, -0.05) is 38.3 Å². The number of sulfonamides is 2. The predicted octanol–water partition coefficient (Wildman–Crippen LogP) is 6.16. The normalized spacial score (nSPS) is 20.1. The summed E-state index contributed by atoms with van der Waals surface area (Å²) in [5, 5.41) is 9.96. The Labute approximate surface area is 294 Å². The molecule has 2 aromatic rings. The minimum absolute atomic E-state index is 0.0875. The minimum atomic E-state index is -3.77. The molecule has 4 N–H and O–H groups in total. The van der Waals surface area contributed by atoms with Crippen LogP contribution < -0.4 is 10.3 Å². The molecule has 272 valence electrons. The van der Waals surface area contributed by atoms with Crippen molar-refractivity contribution in [3.8, 4) is 11.8 Å². The van der Waals surface area contributed by atoms with Crippen LogP contribution in [0.3, 0.4) is 0 Å². The molecule has 0 aromatic carbocycles. The van der Waals surface area contributed by atoms with Crippen LogP contribution in [0.2, 0.25) is 0 Å². The molecule has 4 rings (SSSR count). The van der Waals surface area contributed by atoms with Crippen LogP contribution in [0, 0.1) is 29.1 Å². The summed E-state index contributed by atoms with van der Waals surface area (Å²) in [7, 11) is -7.53. The number of unbranched alkanes of at least 4 members (excludes halogenated alkanes) is 1. The van der Waals surface area contributed by atoms with Crippen molar-refractivity contribution in [2.75, 3.05) is 6.54 Å². The molecule has 2 aromatic heterocycles. The summed E-state index contributed by atoms with van der Waals surface area (Å²) in [5.41, 5.74) is 0.952. The quantitative estimate of drug-likeness (QED) is 0.229. The summed E-state index contributed by atoms with van der Waals surface area (Å²) in [4.78, 5) is 22.4. The van der Waals surface area contributed by atoms with E-state index in [0.29, 0.717) is 30.0 Å². The number of likely N-dealkylation sites (tertiary alicyclic amines) is 1. The molecule has 1 aliphatic carbocycles. The molecular weight excluding hydrogens is 663 g/mol. The second kappa shape index (κ2) is 16.3. The molecule has 49 heavy (non-hydrogen) atoms. The minimum Gasteiger partial charge on any atom is -0.444 e. The number of hydrogen-bond donors (Lipinski definition) is 2. The number of aryl methyl sites for hydroxylation is 1. The van der Waals surface area contributed by atoms with E-state index in [1.807, 2.05) is 31.7 Å². The molecule has 0 radical (unpaired) electrons. The number of rotatable bonds is 9. The van der Waals surface area contributed by atoms with Gasteiger partial charge in [-0.25, -0.2) is 41.9 Å². The molecule has 2 aliphatic rings. The molecule has 1 aliphatic heterocycles. The Morgan fingerprint density at radius 1 is 0.918 bits per heavy atom. The third-order valence-electron chi connectivity index (χ3n) is 8.92. The van der Waals surface area contributed by atoms with Crippen LogP contribution in [0.4, 0.5) is 4.79 Å². The van der Waals surface area contributed by atoms with Crippen LogP contribution in [-0.2, 0) is 31.2 Å². The average Bonchev–Trinajstić information content (AvgIpc) is 3.49. The van der Waals surface area contributed by atoms with E-state index in [0.717, 1.165) is 50.1 Å². The zero-order chi connectivity index (χ0) is 36.7. The van der Waals surface area contributed by atoms with Crippen LogP contribution in [-0.4, -0.2) is 55.5 Å². The highest BCUT2D eigenvalue weighted by Gasteiger charge is 2.42. The molecule has 1 amide bonds. The summed E-state index contributed by atoms with van der Waals surface area (Å²) in [5.74, 6) is 7.21. The van der Waals surface area contributed by atoms with E-state index >= 15 is 0 Å². The van der Waals surface area contributed by atoms with E-state index in [-0.39, 0.29) is 21.7 Å². The first-order valence-electron chi connectivity index (χ1n) is 17.0. The lowest BCUT2D eigenvalue weighted by atomic mass is 9.89. The van der Waals surface area contributed by atoms with Gasteiger partial charge in [0.15, 0.2) is 10.1 Å². The van der Waals surface area contributed by atoms with Gasteiger partial charge in [0.1, 0.15) is 11.3 Å². The van der Waals surface area contributed by atoms with Gasteiger partial charge in [0.2, 0.25) is 0 Å². The smallest absolute Gasteiger partial charge is 0.410 e. The molecular formula is C36H55N5O6S2. The Morgan fingerprint density at radius 3 is 2.14 bits per heavy atom. The van der Waals surface area contributed by atoms with Crippen LogP contribution >= 0.6 is 0 Å². The van der Waals surface area contributed by atoms with E-state index in [9.17, 15) is 21.6 Å². The lowest BCUT2D eigenvalue weighted by molar-refractivity contribution is 0.0130. The largest absolute Gasteiger partial charge is 0.444 e. The summed E-state index contributed by atoms with van der Waals surface area (Å²) >= 11 is 0. The first-order chi connectivity index (χ1) is 22.5. The van der Waals surface area contributed by atoms with Gasteiger partial charge >= 0.3 is 6.09 Å². The third kappa shape index (κ3) is 13.6. The van der Waals surface area contributed by atoms with E-state index in [1.165, 1.54) is 31.4 Å².